The maximum Gasteiger partial charge on any atom is 0.152 e. The molecule has 8 heteroatoms. The molecule has 0 aliphatic carbocycles. The summed E-state index contributed by atoms with van der Waals surface area (Å²) in [6.45, 7) is 6.64. The predicted molar refractivity (Wildman–Crippen MR) is 138 cm³/mol. The molecule has 4 rings (SSSR count). The first-order valence-electron chi connectivity index (χ1n) is 12.8. The number of methoxy groups -OCH3 is 1. The largest absolute Gasteiger partial charge is 0.495 e. The number of morpholine rings is 1. The van der Waals surface area contributed by atoms with E-state index in [1.165, 1.54) is 12.1 Å². The lowest BCUT2D eigenvalue weighted by atomic mass is 9.90. The number of hydrogen-bond acceptors (Lipinski definition) is 6. The second kappa shape index (κ2) is 12.0. The first-order valence-corrected chi connectivity index (χ1v) is 12.8. The summed E-state index contributed by atoms with van der Waals surface area (Å²) >= 11 is 0. The lowest BCUT2D eigenvalue weighted by Gasteiger charge is -2.31. The summed E-state index contributed by atoms with van der Waals surface area (Å²) < 4.78 is 41.3. The monoisotopic (exact) mass is 501 g/mol. The summed E-state index contributed by atoms with van der Waals surface area (Å²) in [7, 11) is 3.71. The second-order valence-electron chi connectivity index (χ2n) is 9.96. The molecule has 1 unspecified atom stereocenters. The van der Waals surface area contributed by atoms with Crippen LogP contribution in [0.1, 0.15) is 29.5 Å². The molecule has 6 nitrogen and oxygen atoms in total. The van der Waals surface area contributed by atoms with Gasteiger partial charge in [0.05, 0.1) is 31.7 Å². The van der Waals surface area contributed by atoms with Crippen LogP contribution in [0.5, 0.6) is 5.75 Å². The molecule has 0 spiro atoms. The van der Waals surface area contributed by atoms with Gasteiger partial charge in [-0.15, -0.1) is 0 Å². The molecule has 1 N–H and O–H groups in total. The zero-order chi connectivity index (χ0) is 25.7. The van der Waals surface area contributed by atoms with Gasteiger partial charge in [0.25, 0.3) is 0 Å². The second-order valence-corrected chi connectivity index (χ2v) is 9.96. The molecule has 36 heavy (non-hydrogen) atoms. The van der Waals surface area contributed by atoms with Crippen LogP contribution in [0, 0.1) is 24.5 Å². The maximum atomic E-state index is 15.4. The molecular weight excluding hydrogens is 464 g/mol. The highest BCUT2D eigenvalue weighted by atomic mass is 19.1. The van der Waals surface area contributed by atoms with Crippen molar-refractivity contribution in [1.82, 2.24) is 4.90 Å². The van der Waals surface area contributed by atoms with Crippen LogP contribution < -0.4 is 15.0 Å². The highest BCUT2D eigenvalue weighted by Gasteiger charge is 2.24. The number of rotatable bonds is 9. The molecule has 2 aromatic rings. The highest BCUT2D eigenvalue weighted by Crippen LogP contribution is 2.34. The average molecular weight is 502 g/mol. The average Bonchev–Trinajstić information content (AvgIpc) is 2.89. The summed E-state index contributed by atoms with van der Waals surface area (Å²) in [5.41, 5.74) is 3.17. The van der Waals surface area contributed by atoms with E-state index in [1.54, 1.807) is 7.11 Å². The van der Waals surface area contributed by atoms with Gasteiger partial charge < -0.3 is 29.4 Å². The number of hydrogen-bond donors (Lipinski definition) is 1. The Hall–Kier alpha value is -2.71. The van der Waals surface area contributed by atoms with Gasteiger partial charge in [-0.05, 0) is 88.1 Å². The van der Waals surface area contributed by atoms with Gasteiger partial charge in [-0.1, -0.05) is 0 Å². The van der Waals surface area contributed by atoms with Crippen LogP contribution in [0.25, 0.3) is 0 Å². The van der Waals surface area contributed by atoms with E-state index in [2.05, 4.69) is 22.2 Å². The Morgan fingerprint density at radius 2 is 1.86 bits per heavy atom. The van der Waals surface area contributed by atoms with Gasteiger partial charge in [0.2, 0.25) is 0 Å². The summed E-state index contributed by atoms with van der Waals surface area (Å²) in [6.07, 6.45) is 3.02. The number of piperidine rings is 1. The molecule has 0 aromatic heterocycles. The zero-order valence-electron chi connectivity index (χ0n) is 21.5. The van der Waals surface area contributed by atoms with Crippen molar-refractivity contribution in [1.29, 1.82) is 0 Å². The number of halogens is 2. The molecule has 1 atom stereocenters. The van der Waals surface area contributed by atoms with Gasteiger partial charge in [-0.2, -0.15) is 0 Å². The quantitative estimate of drug-likeness (QED) is 0.520. The van der Waals surface area contributed by atoms with Crippen molar-refractivity contribution in [2.45, 2.75) is 38.6 Å². The van der Waals surface area contributed by atoms with E-state index in [-0.39, 0.29) is 18.0 Å². The van der Waals surface area contributed by atoms with E-state index >= 15 is 4.39 Å². The van der Waals surface area contributed by atoms with Crippen molar-refractivity contribution < 1.29 is 23.0 Å². The number of carbonyl (C=O) groups excluding carboxylic acids is 1. The Morgan fingerprint density at radius 3 is 2.53 bits per heavy atom. The molecule has 2 aliphatic heterocycles. The summed E-state index contributed by atoms with van der Waals surface area (Å²) in [6, 6.07) is 6.92. The van der Waals surface area contributed by atoms with Crippen molar-refractivity contribution in [3.8, 4) is 5.75 Å². The Labute approximate surface area is 212 Å². The smallest absolute Gasteiger partial charge is 0.152 e. The molecule has 0 radical (unpaired) electrons. The van der Waals surface area contributed by atoms with Crippen molar-refractivity contribution in [3.63, 3.8) is 0 Å². The normalized spacial score (nSPS) is 18.2. The SMILES string of the molecule is COc1cc(C)c(CC(C=O)Cc2c(F)ccc(NC3CCN(C)CC3)c2F)cc1N1CCOCC1. The van der Waals surface area contributed by atoms with Crippen LogP contribution >= 0.6 is 0 Å². The van der Waals surface area contributed by atoms with E-state index in [0.717, 1.165) is 67.9 Å². The number of nitrogens with zero attached hydrogens (tertiary/aromatic N) is 2. The Morgan fingerprint density at radius 1 is 1.14 bits per heavy atom. The Bertz CT molecular complexity index is 1050. The van der Waals surface area contributed by atoms with E-state index in [4.69, 9.17) is 9.47 Å². The number of ether oxygens (including phenoxy) is 2. The molecule has 2 aliphatic rings. The van der Waals surface area contributed by atoms with Gasteiger partial charge in [-0.25, -0.2) is 8.78 Å². The van der Waals surface area contributed by atoms with Crippen molar-refractivity contribution in [2.75, 3.05) is 63.8 Å². The third-order valence-corrected chi connectivity index (χ3v) is 7.39. The Kier molecular flexibility index (Phi) is 8.80. The minimum absolute atomic E-state index is 0.00243. The van der Waals surface area contributed by atoms with Gasteiger partial charge >= 0.3 is 0 Å². The highest BCUT2D eigenvalue weighted by molar-refractivity contribution is 5.64. The van der Waals surface area contributed by atoms with Crippen molar-refractivity contribution >= 4 is 17.7 Å². The van der Waals surface area contributed by atoms with Gasteiger partial charge in [0.1, 0.15) is 17.9 Å². The minimum atomic E-state index is -0.617. The number of benzene rings is 2. The zero-order valence-corrected chi connectivity index (χ0v) is 21.5. The number of carbonyl (C=O) groups is 1. The third kappa shape index (κ3) is 6.16. The van der Waals surface area contributed by atoms with E-state index in [0.29, 0.717) is 25.3 Å². The van der Waals surface area contributed by atoms with Gasteiger partial charge in [-0.3, -0.25) is 0 Å². The topological polar surface area (TPSA) is 54.0 Å². The molecule has 0 saturated carbocycles. The molecule has 2 heterocycles. The fraction of sp³-hybridized carbons (Fsp3) is 0.536. The molecule has 0 bridgehead atoms. The Balaban J connectivity index is 1.52. The molecule has 2 fully saturated rings. The lowest BCUT2D eigenvalue weighted by Crippen LogP contribution is -2.37. The summed E-state index contributed by atoms with van der Waals surface area (Å²) in [5.74, 6) is -1.00. The molecule has 0 amide bonds. The van der Waals surface area contributed by atoms with Crippen LogP contribution in [0.4, 0.5) is 20.2 Å². The summed E-state index contributed by atoms with van der Waals surface area (Å²) in [4.78, 5) is 16.5. The molecule has 2 saturated heterocycles. The number of nitrogens with one attached hydrogen (secondary N) is 1. The van der Waals surface area contributed by atoms with Crippen LogP contribution in [0.2, 0.25) is 0 Å². The van der Waals surface area contributed by atoms with Crippen LogP contribution in [0.15, 0.2) is 24.3 Å². The van der Waals surface area contributed by atoms with E-state index < -0.39 is 17.6 Å². The number of aryl methyl sites for hydroxylation is 1. The van der Waals surface area contributed by atoms with Crippen LogP contribution in [-0.4, -0.2) is 70.8 Å². The number of aldehydes is 1. The van der Waals surface area contributed by atoms with E-state index in [9.17, 15) is 9.18 Å². The molecule has 2 aromatic carbocycles. The standard InChI is InChI=1S/C28H37F2N3O3/c1-19-14-27(35-3)26(33-10-12-36-13-11-33)17-21(19)15-20(18-34)16-23-24(29)4-5-25(28(23)30)31-22-6-8-32(2)9-7-22/h4-5,14,17-18,20,22,31H,6-13,15-16H2,1-3H3. The first kappa shape index (κ1) is 26.4. The molecular formula is C28H37F2N3O3. The number of anilines is 2. The first-order chi connectivity index (χ1) is 17.4. The minimum Gasteiger partial charge on any atom is -0.495 e. The third-order valence-electron chi connectivity index (χ3n) is 7.39. The van der Waals surface area contributed by atoms with Crippen molar-refractivity contribution in [3.05, 3.63) is 52.6 Å². The van der Waals surface area contributed by atoms with E-state index in [1.807, 2.05) is 19.1 Å². The van der Waals surface area contributed by atoms with Crippen LogP contribution in [0.3, 0.4) is 0 Å². The predicted octanol–water partition coefficient (Wildman–Crippen LogP) is 4.22. The fourth-order valence-corrected chi connectivity index (χ4v) is 5.13. The number of likely N-dealkylation sites (tertiary alicyclic amines) is 1. The molecule has 196 valence electrons. The summed E-state index contributed by atoms with van der Waals surface area (Å²) in [5, 5.41) is 3.26. The van der Waals surface area contributed by atoms with Gasteiger partial charge in [0.15, 0.2) is 5.82 Å². The van der Waals surface area contributed by atoms with Crippen molar-refractivity contribution in [2.24, 2.45) is 5.92 Å². The fourth-order valence-electron chi connectivity index (χ4n) is 5.13. The van der Waals surface area contributed by atoms with Gasteiger partial charge in [0, 0.05) is 30.6 Å². The maximum absolute atomic E-state index is 15.4. The van der Waals surface area contributed by atoms with Crippen LogP contribution in [-0.2, 0) is 22.4 Å². The lowest BCUT2D eigenvalue weighted by molar-refractivity contribution is -0.111.